The van der Waals surface area contributed by atoms with Crippen LogP contribution in [0.2, 0.25) is 0 Å². The lowest BCUT2D eigenvalue weighted by Gasteiger charge is -2.10. The Morgan fingerprint density at radius 2 is 2.25 bits per heavy atom. The minimum absolute atomic E-state index is 0.128. The molecule has 0 spiro atoms. The van der Waals surface area contributed by atoms with E-state index in [1.807, 2.05) is 0 Å². The Hall–Kier alpha value is -1.56. The highest BCUT2D eigenvalue weighted by Gasteiger charge is 2.06. The van der Waals surface area contributed by atoms with Gasteiger partial charge in [-0.1, -0.05) is 0 Å². The van der Waals surface area contributed by atoms with Gasteiger partial charge in [-0.05, 0) is 6.92 Å². The van der Waals surface area contributed by atoms with Crippen molar-refractivity contribution < 1.29 is 5.11 Å². The van der Waals surface area contributed by atoms with E-state index in [4.69, 9.17) is 10.9 Å². The zero-order valence-electron chi connectivity index (χ0n) is 6.83. The molecule has 0 aliphatic heterocycles. The first-order valence-corrected chi connectivity index (χ1v) is 3.30. The maximum absolute atomic E-state index is 11.0. The summed E-state index contributed by atoms with van der Waals surface area (Å²) in [5, 5.41) is 10.2. The van der Waals surface area contributed by atoms with Gasteiger partial charge in [0.15, 0.2) is 0 Å². The summed E-state index contributed by atoms with van der Waals surface area (Å²) in [6.07, 6.45) is 0. The highest BCUT2D eigenvalue weighted by molar-refractivity contribution is 5.32. The van der Waals surface area contributed by atoms with Crippen molar-refractivity contribution in [1.29, 1.82) is 0 Å². The molecule has 0 amide bonds. The largest absolute Gasteiger partial charge is 0.493 e. The first kappa shape index (κ1) is 8.54. The van der Waals surface area contributed by atoms with Gasteiger partial charge in [-0.15, -0.1) is 0 Å². The third kappa shape index (κ3) is 1.37. The summed E-state index contributed by atoms with van der Waals surface area (Å²) in [5.74, 6) is 5.12. The molecule has 0 bridgehead atoms. The van der Waals surface area contributed by atoms with Crippen molar-refractivity contribution in [1.82, 2.24) is 9.97 Å². The Morgan fingerprint density at radius 3 is 2.67 bits per heavy atom. The SMILES string of the molecule is Cc1c(O)nc(N(C)N)[nH]c1=O. The summed E-state index contributed by atoms with van der Waals surface area (Å²) >= 11 is 0. The van der Waals surface area contributed by atoms with E-state index in [1.54, 1.807) is 0 Å². The summed E-state index contributed by atoms with van der Waals surface area (Å²) < 4.78 is 0. The fraction of sp³-hybridized carbons (Fsp3) is 0.333. The predicted molar refractivity (Wildman–Crippen MR) is 43.8 cm³/mol. The van der Waals surface area contributed by atoms with Gasteiger partial charge in [-0.2, -0.15) is 4.98 Å². The molecule has 0 radical (unpaired) electrons. The molecule has 6 nitrogen and oxygen atoms in total. The van der Waals surface area contributed by atoms with E-state index in [2.05, 4.69) is 9.97 Å². The third-order valence-electron chi connectivity index (χ3n) is 1.45. The molecule has 0 aliphatic carbocycles. The maximum Gasteiger partial charge on any atom is 0.259 e. The fourth-order valence-corrected chi connectivity index (χ4v) is 0.676. The molecule has 0 unspecified atom stereocenters. The number of nitrogens with two attached hydrogens (primary N) is 1. The Kier molecular flexibility index (Phi) is 2.01. The number of aromatic hydroxyl groups is 1. The van der Waals surface area contributed by atoms with Crippen LogP contribution in [0.3, 0.4) is 0 Å². The number of aromatic amines is 1. The molecule has 0 atom stereocenters. The van der Waals surface area contributed by atoms with Crippen molar-refractivity contribution in [3.63, 3.8) is 0 Å². The highest BCUT2D eigenvalue weighted by atomic mass is 16.3. The van der Waals surface area contributed by atoms with Gasteiger partial charge in [0.25, 0.3) is 5.56 Å². The number of hydrogen-bond donors (Lipinski definition) is 3. The topological polar surface area (TPSA) is 95.2 Å². The molecule has 1 heterocycles. The predicted octanol–water partition coefficient (Wildman–Crippen LogP) is -0.906. The first-order valence-electron chi connectivity index (χ1n) is 3.30. The van der Waals surface area contributed by atoms with Crippen LogP contribution in [0.25, 0.3) is 0 Å². The molecule has 0 saturated heterocycles. The van der Waals surface area contributed by atoms with Crippen molar-refractivity contribution in [2.24, 2.45) is 5.84 Å². The van der Waals surface area contributed by atoms with Crippen LogP contribution in [0.15, 0.2) is 4.79 Å². The van der Waals surface area contributed by atoms with Gasteiger partial charge in [-0.3, -0.25) is 14.8 Å². The normalized spacial score (nSPS) is 9.92. The van der Waals surface area contributed by atoms with Gasteiger partial charge in [0.1, 0.15) is 0 Å². The molecule has 6 heteroatoms. The molecule has 12 heavy (non-hydrogen) atoms. The third-order valence-corrected chi connectivity index (χ3v) is 1.45. The summed E-state index contributed by atoms with van der Waals surface area (Å²) in [6, 6.07) is 0. The van der Waals surface area contributed by atoms with Crippen LogP contribution >= 0.6 is 0 Å². The van der Waals surface area contributed by atoms with E-state index in [0.717, 1.165) is 5.01 Å². The second-order valence-electron chi connectivity index (χ2n) is 2.45. The molecule has 1 aromatic rings. The van der Waals surface area contributed by atoms with Gasteiger partial charge in [0.05, 0.1) is 5.56 Å². The quantitative estimate of drug-likeness (QED) is 0.375. The Bertz CT molecular complexity index is 344. The van der Waals surface area contributed by atoms with Crippen LogP contribution in [0.4, 0.5) is 5.95 Å². The van der Waals surface area contributed by atoms with E-state index in [0.29, 0.717) is 0 Å². The maximum atomic E-state index is 11.0. The molecule has 1 aromatic heterocycles. The van der Waals surface area contributed by atoms with E-state index < -0.39 is 5.56 Å². The molecule has 4 N–H and O–H groups in total. The molecule has 0 aromatic carbocycles. The second-order valence-corrected chi connectivity index (χ2v) is 2.45. The number of anilines is 1. The van der Waals surface area contributed by atoms with Crippen LogP contribution < -0.4 is 16.4 Å². The van der Waals surface area contributed by atoms with Gasteiger partial charge >= 0.3 is 0 Å². The lowest BCUT2D eigenvalue weighted by Crippen LogP contribution is -2.29. The summed E-state index contributed by atoms with van der Waals surface area (Å²) in [7, 11) is 1.51. The van der Waals surface area contributed by atoms with Crippen molar-refractivity contribution in [2.45, 2.75) is 6.92 Å². The zero-order valence-corrected chi connectivity index (χ0v) is 6.83. The molecular formula is C6H10N4O2. The molecule has 0 saturated carbocycles. The van der Waals surface area contributed by atoms with Crippen molar-refractivity contribution in [2.75, 3.05) is 12.1 Å². The van der Waals surface area contributed by atoms with Crippen LogP contribution in [0, 0.1) is 6.92 Å². The number of H-pyrrole nitrogens is 1. The van der Waals surface area contributed by atoms with Gasteiger partial charge < -0.3 is 5.11 Å². The van der Waals surface area contributed by atoms with E-state index >= 15 is 0 Å². The lowest BCUT2D eigenvalue weighted by atomic mass is 10.4. The smallest absolute Gasteiger partial charge is 0.259 e. The number of nitrogens with zero attached hydrogens (tertiary/aromatic N) is 2. The number of rotatable bonds is 1. The standard InChI is InChI=1S/C6H10N4O2/c1-3-4(11)8-6(10(2)7)9-5(3)12/h7H2,1-2H3,(H2,8,9,11,12). The van der Waals surface area contributed by atoms with Crippen LogP contribution in [-0.4, -0.2) is 22.1 Å². The fourth-order valence-electron chi connectivity index (χ4n) is 0.676. The van der Waals surface area contributed by atoms with Crippen molar-refractivity contribution >= 4 is 5.95 Å². The zero-order chi connectivity index (χ0) is 9.30. The monoisotopic (exact) mass is 170 g/mol. The van der Waals surface area contributed by atoms with Crippen molar-refractivity contribution in [3.05, 3.63) is 15.9 Å². The lowest BCUT2D eigenvalue weighted by molar-refractivity contribution is 0.446. The van der Waals surface area contributed by atoms with E-state index in [9.17, 15) is 4.79 Å². The average molecular weight is 170 g/mol. The van der Waals surface area contributed by atoms with Crippen LogP contribution in [-0.2, 0) is 0 Å². The minimum atomic E-state index is -0.394. The summed E-state index contributed by atoms with van der Waals surface area (Å²) in [5.41, 5.74) is -0.213. The number of hydrazine groups is 1. The molecule has 1 rings (SSSR count). The number of aromatic nitrogens is 2. The van der Waals surface area contributed by atoms with Crippen LogP contribution in [0.5, 0.6) is 5.88 Å². The second kappa shape index (κ2) is 2.82. The van der Waals surface area contributed by atoms with Gasteiger partial charge in [0.2, 0.25) is 11.8 Å². The average Bonchev–Trinajstić information content (AvgIpc) is 1.99. The Morgan fingerprint density at radius 1 is 1.67 bits per heavy atom. The minimum Gasteiger partial charge on any atom is -0.493 e. The Labute approximate surface area is 68.6 Å². The molecule has 0 fully saturated rings. The number of nitrogens with one attached hydrogen (secondary N) is 1. The molecule has 66 valence electrons. The summed E-state index contributed by atoms with van der Waals surface area (Å²) in [4.78, 5) is 17.1. The van der Waals surface area contributed by atoms with E-state index in [-0.39, 0.29) is 17.4 Å². The Balaban J connectivity index is 3.31. The van der Waals surface area contributed by atoms with Crippen molar-refractivity contribution in [3.8, 4) is 5.88 Å². The number of hydrogen-bond acceptors (Lipinski definition) is 5. The molecule has 0 aliphatic rings. The van der Waals surface area contributed by atoms with Crippen LogP contribution in [0.1, 0.15) is 5.56 Å². The molecular weight excluding hydrogens is 160 g/mol. The summed E-state index contributed by atoms with van der Waals surface area (Å²) in [6.45, 7) is 1.47. The van der Waals surface area contributed by atoms with E-state index in [1.165, 1.54) is 14.0 Å². The van der Waals surface area contributed by atoms with Gasteiger partial charge in [0, 0.05) is 7.05 Å². The first-order chi connectivity index (χ1) is 5.52. The highest BCUT2D eigenvalue weighted by Crippen LogP contribution is 2.09. The van der Waals surface area contributed by atoms with Gasteiger partial charge in [-0.25, -0.2) is 5.84 Å².